The molecule has 0 aromatic heterocycles. The molecule has 0 amide bonds. The van der Waals surface area contributed by atoms with Crippen molar-refractivity contribution in [3.05, 3.63) is 48.3 Å². The van der Waals surface area contributed by atoms with Crippen molar-refractivity contribution in [2.75, 3.05) is 11.8 Å². The van der Waals surface area contributed by atoms with Crippen molar-refractivity contribution in [2.24, 2.45) is 0 Å². The normalized spacial score (nSPS) is 11.3. The first-order valence-corrected chi connectivity index (χ1v) is 7.71. The average Bonchev–Trinajstić information content (AvgIpc) is 2.46. The highest BCUT2D eigenvalue weighted by Crippen LogP contribution is 2.32. The molecule has 2 rings (SSSR count). The average molecular weight is 347 g/mol. The number of hydrogen-bond donors (Lipinski definition) is 1. The van der Waals surface area contributed by atoms with Crippen molar-refractivity contribution in [2.45, 2.75) is 11.5 Å². The summed E-state index contributed by atoms with van der Waals surface area (Å²) < 4.78 is 73.4. The minimum absolute atomic E-state index is 0.0130. The van der Waals surface area contributed by atoms with Crippen LogP contribution in [0.25, 0.3) is 0 Å². The summed E-state index contributed by atoms with van der Waals surface area (Å²) in [5.41, 5.74) is -0.0364. The number of halogens is 3. The number of methoxy groups -OCH3 is 1. The van der Waals surface area contributed by atoms with Gasteiger partial charge in [0.2, 0.25) is 0 Å². The molecule has 23 heavy (non-hydrogen) atoms. The first kappa shape index (κ1) is 16.9. The Bertz CT molecular complexity index is 796. The third-order valence-corrected chi connectivity index (χ3v) is 4.12. The van der Waals surface area contributed by atoms with Crippen molar-refractivity contribution < 1.29 is 31.1 Å². The van der Waals surface area contributed by atoms with E-state index in [2.05, 4.69) is 9.46 Å². The third kappa shape index (κ3) is 4.28. The van der Waals surface area contributed by atoms with Crippen LogP contribution < -0.4 is 14.2 Å². The number of anilines is 1. The predicted molar refractivity (Wildman–Crippen MR) is 76.8 cm³/mol. The largest absolute Gasteiger partial charge is 0.493 e. The fourth-order valence-corrected chi connectivity index (χ4v) is 2.86. The maximum Gasteiger partial charge on any atom is 0.387 e. The summed E-state index contributed by atoms with van der Waals surface area (Å²) >= 11 is 0. The molecule has 124 valence electrons. The molecule has 2 aromatic rings. The van der Waals surface area contributed by atoms with Crippen LogP contribution in [0.3, 0.4) is 0 Å². The number of sulfonamides is 1. The SMILES string of the molecule is COc1ccc(NS(=O)(=O)c2cccc(F)c2)cc1OC(F)F. The Morgan fingerprint density at radius 3 is 2.43 bits per heavy atom. The summed E-state index contributed by atoms with van der Waals surface area (Å²) in [4.78, 5) is -0.301. The van der Waals surface area contributed by atoms with Crippen LogP contribution in [-0.2, 0) is 10.0 Å². The van der Waals surface area contributed by atoms with Crippen molar-refractivity contribution >= 4 is 15.7 Å². The Labute approximate surface area is 130 Å². The zero-order valence-corrected chi connectivity index (χ0v) is 12.6. The van der Waals surface area contributed by atoms with E-state index in [1.807, 2.05) is 0 Å². The molecule has 0 fully saturated rings. The lowest BCUT2D eigenvalue weighted by Gasteiger charge is -2.13. The highest BCUT2D eigenvalue weighted by atomic mass is 32.2. The van der Waals surface area contributed by atoms with Crippen LogP contribution in [0.15, 0.2) is 47.4 Å². The number of hydrogen-bond acceptors (Lipinski definition) is 4. The summed E-state index contributed by atoms with van der Waals surface area (Å²) in [5.74, 6) is -1.04. The fraction of sp³-hybridized carbons (Fsp3) is 0.143. The van der Waals surface area contributed by atoms with E-state index in [-0.39, 0.29) is 22.1 Å². The lowest BCUT2D eigenvalue weighted by Crippen LogP contribution is -2.13. The van der Waals surface area contributed by atoms with E-state index in [9.17, 15) is 21.6 Å². The highest BCUT2D eigenvalue weighted by Gasteiger charge is 2.17. The Morgan fingerprint density at radius 2 is 1.83 bits per heavy atom. The minimum atomic E-state index is -4.07. The summed E-state index contributed by atoms with van der Waals surface area (Å²) in [6, 6.07) is 7.98. The Morgan fingerprint density at radius 1 is 1.09 bits per heavy atom. The molecule has 0 spiro atoms. The van der Waals surface area contributed by atoms with Gasteiger partial charge in [-0.2, -0.15) is 8.78 Å². The lowest BCUT2D eigenvalue weighted by molar-refractivity contribution is -0.0511. The van der Waals surface area contributed by atoms with E-state index < -0.39 is 22.5 Å². The highest BCUT2D eigenvalue weighted by molar-refractivity contribution is 7.92. The molecule has 0 saturated heterocycles. The van der Waals surface area contributed by atoms with Gasteiger partial charge < -0.3 is 9.47 Å². The molecule has 0 saturated carbocycles. The van der Waals surface area contributed by atoms with Gasteiger partial charge in [0.1, 0.15) is 5.82 Å². The van der Waals surface area contributed by atoms with Gasteiger partial charge in [-0.3, -0.25) is 4.72 Å². The van der Waals surface area contributed by atoms with Crippen LogP contribution in [0.5, 0.6) is 11.5 Å². The van der Waals surface area contributed by atoms with E-state index in [0.717, 1.165) is 18.2 Å². The van der Waals surface area contributed by atoms with Gasteiger partial charge in [-0.05, 0) is 30.3 Å². The molecule has 0 unspecified atom stereocenters. The van der Waals surface area contributed by atoms with Crippen LogP contribution in [0.1, 0.15) is 0 Å². The van der Waals surface area contributed by atoms with Gasteiger partial charge in [0.15, 0.2) is 11.5 Å². The van der Waals surface area contributed by atoms with E-state index in [0.29, 0.717) is 0 Å². The second-order valence-corrected chi connectivity index (χ2v) is 5.99. The topological polar surface area (TPSA) is 64.6 Å². The first-order chi connectivity index (χ1) is 10.8. The van der Waals surface area contributed by atoms with Crippen LogP contribution in [0.4, 0.5) is 18.9 Å². The molecule has 5 nitrogen and oxygen atoms in total. The maximum absolute atomic E-state index is 13.1. The van der Waals surface area contributed by atoms with Crippen molar-refractivity contribution in [3.8, 4) is 11.5 Å². The molecule has 0 aliphatic carbocycles. The Kier molecular flexibility index (Phi) is 4.99. The van der Waals surface area contributed by atoms with Crippen molar-refractivity contribution in [3.63, 3.8) is 0 Å². The molecule has 0 aliphatic heterocycles. The van der Waals surface area contributed by atoms with Gasteiger partial charge in [0, 0.05) is 6.07 Å². The number of alkyl halides is 2. The fourth-order valence-electron chi connectivity index (χ4n) is 1.78. The summed E-state index contributed by atoms with van der Waals surface area (Å²) in [6.07, 6.45) is 0. The van der Waals surface area contributed by atoms with E-state index in [1.165, 1.54) is 31.4 Å². The van der Waals surface area contributed by atoms with Gasteiger partial charge >= 0.3 is 6.61 Å². The third-order valence-electron chi connectivity index (χ3n) is 2.74. The smallest absolute Gasteiger partial charge is 0.387 e. The van der Waals surface area contributed by atoms with Crippen LogP contribution in [0.2, 0.25) is 0 Å². The predicted octanol–water partition coefficient (Wildman–Crippen LogP) is 3.24. The molecule has 0 aliphatic rings. The standard InChI is InChI=1S/C14H12F3NO4S/c1-21-12-6-5-10(8-13(12)22-14(16)17)18-23(19,20)11-4-2-3-9(15)7-11/h2-8,14,18H,1H3. The summed E-state index contributed by atoms with van der Waals surface area (Å²) in [6.45, 7) is -3.10. The number of nitrogens with one attached hydrogen (secondary N) is 1. The van der Waals surface area contributed by atoms with Crippen LogP contribution in [-0.4, -0.2) is 22.1 Å². The summed E-state index contributed by atoms with van der Waals surface area (Å²) in [7, 11) is -2.82. The number of rotatable bonds is 6. The molecule has 2 aromatic carbocycles. The van der Waals surface area contributed by atoms with E-state index in [4.69, 9.17) is 4.74 Å². The lowest BCUT2D eigenvalue weighted by atomic mass is 10.3. The molecular weight excluding hydrogens is 335 g/mol. The maximum atomic E-state index is 13.1. The molecule has 0 heterocycles. The zero-order chi connectivity index (χ0) is 17.0. The molecule has 0 radical (unpaired) electrons. The van der Waals surface area contributed by atoms with Gasteiger partial charge in [-0.1, -0.05) is 6.07 Å². The molecule has 1 N–H and O–H groups in total. The Balaban J connectivity index is 2.32. The molecule has 9 heteroatoms. The van der Waals surface area contributed by atoms with Crippen molar-refractivity contribution in [1.29, 1.82) is 0 Å². The number of ether oxygens (including phenoxy) is 2. The van der Waals surface area contributed by atoms with Gasteiger partial charge in [0.05, 0.1) is 17.7 Å². The zero-order valence-electron chi connectivity index (χ0n) is 11.8. The second kappa shape index (κ2) is 6.78. The van der Waals surface area contributed by atoms with Gasteiger partial charge in [0.25, 0.3) is 10.0 Å². The minimum Gasteiger partial charge on any atom is -0.493 e. The Hall–Kier alpha value is -2.42. The van der Waals surface area contributed by atoms with Crippen LogP contribution in [0, 0.1) is 5.82 Å². The molecule has 0 bridgehead atoms. The quantitative estimate of drug-likeness (QED) is 0.871. The van der Waals surface area contributed by atoms with E-state index >= 15 is 0 Å². The summed E-state index contributed by atoms with van der Waals surface area (Å²) in [5, 5.41) is 0. The van der Waals surface area contributed by atoms with Gasteiger partial charge in [-0.15, -0.1) is 0 Å². The molecular formula is C14H12F3NO4S. The van der Waals surface area contributed by atoms with Crippen LogP contribution >= 0.6 is 0 Å². The van der Waals surface area contributed by atoms with Crippen molar-refractivity contribution in [1.82, 2.24) is 0 Å². The van der Waals surface area contributed by atoms with E-state index in [1.54, 1.807) is 0 Å². The number of benzene rings is 2. The monoisotopic (exact) mass is 347 g/mol. The second-order valence-electron chi connectivity index (χ2n) is 4.31. The first-order valence-electron chi connectivity index (χ1n) is 6.23. The molecule has 0 atom stereocenters. The van der Waals surface area contributed by atoms with Gasteiger partial charge in [-0.25, -0.2) is 12.8 Å².